The molecule has 0 radical (unpaired) electrons. The maximum atomic E-state index is 5.74. The number of nitrogen functional groups attached to an aromatic ring is 1. The number of nitrogens with zero attached hydrogens (tertiary/aromatic N) is 1. The van der Waals surface area contributed by atoms with Crippen LogP contribution in [0.5, 0.6) is 0 Å². The number of hydrogen-bond acceptors (Lipinski definition) is 2. The molecular formula is C17H28N2. The Kier molecular flexibility index (Phi) is 4.87. The Balaban J connectivity index is 1.86. The van der Waals surface area contributed by atoms with Crippen LogP contribution in [-0.2, 0) is 0 Å². The lowest BCUT2D eigenvalue weighted by Gasteiger charge is -2.28. The summed E-state index contributed by atoms with van der Waals surface area (Å²) in [5, 5.41) is 0. The smallest absolute Gasteiger partial charge is 0.0314 e. The number of likely N-dealkylation sites (tertiary alicyclic amines) is 1. The van der Waals surface area contributed by atoms with Crippen LogP contribution in [0.3, 0.4) is 0 Å². The molecule has 2 atom stereocenters. The van der Waals surface area contributed by atoms with Crippen LogP contribution in [0, 0.1) is 5.92 Å². The molecular weight excluding hydrogens is 232 g/mol. The molecule has 19 heavy (non-hydrogen) atoms. The molecule has 0 spiro atoms. The summed E-state index contributed by atoms with van der Waals surface area (Å²) in [5.41, 5.74) is 8.01. The van der Waals surface area contributed by atoms with Gasteiger partial charge in [0.05, 0.1) is 0 Å². The van der Waals surface area contributed by atoms with Crippen LogP contribution < -0.4 is 5.73 Å². The molecule has 1 fully saturated rings. The van der Waals surface area contributed by atoms with Crippen molar-refractivity contribution in [2.24, 2.45) is 5.92 Å². The molecule has 0 saturated carbocycles. The fourth-order valence-electron chi connectivity index (χ4n) is 3.24. The Morgan fingerprint density at radius 3 is 2.53 bits per heavy atom. The minimum Gasteiger partial charge on any atom is -0.399 e. The third-order valence-corrected chi connectivity index (χ3v) is 4.54. The Morgan fingerprint density at radius 1 is 1.21 bits per heavy atom. The van der Waals surface area contributed by atoms with Crippen LogP contribution in [0.1, 0.15) is 51.5 Å². The fraction of sp³-hybridized carbons (Fsp3) is 0.647. The summed E-state index contributed by atoms with van der Waals surface area (Å²) in [4.78, 5) is 2.69. The quantitative estimate of drug-likeness (QED) is 0.814. The van der Waals surface area contributed by atoms with Gasteiger partial charge >= 0.3 is 0 Å². The van der Waals surface area contributed by atoms with Crippen molar-refractivity contribution in [3.05, 3.63) is 29.8 Å². The van der Waals surface area contributed by atoms with E-state index in [-0.39, 0.29) is 0 Å². The van der Waals surface area contributed by atoms with Gasteiger partial charge in [-0.1, -0.05) is 32.9 Å². The molecule has 2 heteroatoms. The lowest BCUT2D eigenvalue weighted by Crippen LogP contribution is -2.34. The fourth-order valence-corrected chi connectivity index (χ4v) is 3.24. The van der Waals surface area contributed by atoms with Crippen molar-refractivity contribution < 1.29 is 0 Å². The summed E-state index contributed by atoms with van der Waals surface area (Å²) in [6.07, 6.45) is 4.00. The molecule has 0 bridgehead atoms. The van der Waals surface area contributed by atoms with E-state index in [1.54, 1.807) is 0 Å². The molecule has 1 aromatic rings. The van der Waals surface area contributed by atoms with Gasteiger partial charge in [-0.05, 0) is 61.9 Å². The molecule has 2 unspecified atom stereocenters. The first kappa shape index (κ1) is 14.4. The van der Waals surface area contributed by atoms with E-state index in [4.69, 9.17) is 5.73 Å². The predicted molar refractivity (Wildman–Crippen MR) is 83.3 cm³/mol. The number of benzene rings is 1. The SMILES string of the molecule is CC(CCN1CCCC1C(C)C)c1ccc(N)cc1. The van der Waals surface area contributed by atoms with E-state index in [9.17, 15) is 0 Å². The van der Waals surface area contributed by atoms with E-state index < -0.39 is 0 Å². The minimum absolute atomic E-state index is 0.619. The van der Waals surface area contributed by atoms with Crippen molar-refractivity contribution in [1.29, 1.82) is 0 Å². The molecule has 0 aromatic heterocycles. The van der Waals surface area contributed by atoms with Gasteiger partial charge in [-0.25, -0.2) is 0 Å². The minimum atomic E-state index is 0.619. The highest BCUT2D eigenvalue weighted by atomic mass is 15.2. The van der Waals surface area contributed by atoms with Crippen molar-refractivity contribution in [2.75, 3.05) is 18.8 Å². The molecule has 2 nitrogen and oxygen atoms in total. The summed E-state index contributed by atoms with van der Waals surface area (Å²) in [6, 6.07) is 9.17. The first-order chi connectivity index (χ1) is 9.08. The van der Waals surface area contributed by atoms with Crippen molar-refractivity contribution in [3.63, 3.8) is 0 Å². The number of hydrogen-bond donors (Lipinski definition) is 1. The van der Waals surface area contributed by atoms with Crippen LogP contribution in [-0.4, -0.2) is 24.0 Å². The predicted octanol–water partition coefficient (Wildman–Crippen LogP) is 3.88. The molecule has 1 heterocycles. The molecule has 1 saturated heterocycles. The third-order valence-electron chi connectivity index (χ3n) is 4.54. The highest BCUT2D eigenvalue weighted by Crippen LogP contribution is 2.26. The normalized spacial score (nSPS) is 22.0. The Hall–Kier alpha value is -1.02. The molecule has 1 aliphatic rings. The Bertz CT molecular complexity index is 383. The van der Waals surface area contributed by atoms with E-state index >= 15 is 0 Å². The topological polar surface area (TPSA) is 29.3 Å². The maximum absolute atomic E-state index is 5.74. The van der Waals surface area contributed by atoms with Crippen molar-refractivity contribution in [1.82, 2.24) is 4.90 Å². The Morgan fingerprint density at radius 2 is 1.89 bits per heavy atom. The van der Waals surface area contributed by atoms with Gasteiger partial charge in [0.1, 0.15) is 0 Å². The van der Waals surface area contributed by atoms with E-state index in [1.165, 1.54) is 37.9 Å². The first-order valence-electron chi connectivity index (χ1n) is 7.67. The molecule has 0 amide bonds. The van der Waals surface area contributed by atoms with Gasteiger partial charge in [0, 0.05) is 11.7 Å². The lowest BCUT2D eigenvalue weighted by molar-refractivity contribution is 0.201. The van der Waals surface area contributed by atoms with E-state index in [0.29, 0.717) is 5.92 Å². The van der Waals surface area contributed by atoms with Gasteiger partial charge in [0.25, 0.3) is 0 Å². The van der Waals surface area contributed by atoms with E-state index in [2.05, 4.69) is 37.8 Å². The summed E-state index contributed by atoms with van der Waals surface area (Å²) in [5.74, 6) is 1.41. The highest BCUT2D eigenvalue weighted by molar-refractivity contribution is 5.40. The van der Waals surface area contributed by atoms with Gasteiger partial charge in [0.15, 0.2) is 0 Å². The van der Waals surface area contributed by atoms with Crippen LogP contribution in [0.2, 0.25) is 0 Å². The number of rotatable bonds is 5. The second-order valence-corrected chi connectivity index (χ2v) is 6.35. The first-order valence-corrected chi connectivity index (χ1v) is 7.67. The molecule has 1 aromatic carbocycles. The van der Waals surface area contributed by atoms with E-state index in [1.807, 2.05) is 12.1 Å². The zero-order chi connectivity index (χ0) is 13.8. The summed E-state index contributed by atoms with van der Waals surface area (Å²) in [7, 11) is 0. The summed E-state index contributed by atoms with van der Waals surface area (Å²) in [6.45, 7) is 9.55. The van der Waals surface area contributed by atoms with Gasteiger partial charge in [-0.15, -0.1) is 0 Å². The third kappa shape index (κ3) is 3.73. The molecule has 2 rings (SSSR count). The van der Waals surface area contributed by atoms with E-state index in [0.717, 1.165) is 17.6 Å². The zero-order valence-electron chi connectivity index (χ0n) is 12.6. The lowest BCUT2D eigenvalue weighted by atomic mass is 9.96. The summed E-state index contributed by atoms with van der Waals surface area (Å²) < 4.78 is 0. The second kappa shape index (κ2) is 6.42. The largest absolute Gasteiger partial charge is 0.399 e. The van der Waals surface area contributed by atoms with Crippen molar-refractivity contribution in [2.45, 2.75) is 52.0 Å². The van der Waals surface area contributed by atoms with Crippen LogP contribution in [0.25, 0.3) is 0 Å². The standard InChI is InChI=1S/C17H28N2/c1-13(2)17-5-4-11-19(17)12-10-14(3)15-6-8-16(18)9-7-15/h6-9,13-14,17H,4-5,10-12,18H2,1-3H3. The molecule has 0 aliphatic carbocycles. The van der Waals surface area contributed by atoms with Gasteiger partial charge in [-0.2, -0.15) is 0 Å². The van der Waals surface area contributed by atoms with Crippen LogP contribution in [0.4, 0.5) is 5.69 Å². The average Bonchev–Trinajstić information content (AvgIpc) is 2.85. The molecule has 2 N–H and O–H groups in total. The van der Waals surface area contributed by atoms with Gasteiger partial charge in [-0.3, -0.25) is 0 Å². The van der Waals surface area contributed by atoms with Crippen LogP contribution in [0.15, 0.2) is 24.3 Å². The number of nitrogens with two attached hydrogens (primary N) is 1. The summed E-state index contributed by atoms with van der Waals surface area (Å²) >= 11 is 0. The van der Waals surface area contributed by atoms with Gasteiger partial charge < -0.3 is 10.6 Å². The number of anilines is 1. The molecule has 1 aliphatic heterocycles. The van der Waals surface area contributed by atoms with Gasteiger partial charge in [0.2, 0.25) is 0 Å². The van der Waals surface area contributed by atoms with Crippen LogP contribution >= 0.6 is 0 Å². The van der Waals surface area contributed by atoms with Crippen molar-refractivity contribution in [3.8, 4) is 0 Å². The monoisotopic (exact) mass is 260 g/mol. The van der Waals surface area contributed by atoms with Crippen molar-refractivity contribution >= 4 is 5.69 Å². The molecule has 106 valence electrons. The maximum Gasteiger partial charge on any atom is 0.0314 e. The second-order valence-electron chi connectivity index (χ2n) is 6.35. The Labute approximate surface area is 118 Å². The highest BCUT2D eigenvalue weighted by Gasteiger charge is 2.26. The zero-order valence-corrected chi connectivity index (χ0v) is 12.6. The average molecular weight is 260 g/mol.